The van der Waals surface area contributed by atoms with E-state index >= 15 is 0 Å². The van der Waals surface area contributed by atoms with Gasteiger partial charge in [-0.3, -0.25) is 0 Å². The SMILES string of the molecule is Br.Br.CN1CCN(c2nccc3ccccc23)CC1.O.O. The topological polar surface area (TPSA) is 82.4 Å². The maximum Gasteiger partial charge on any atom is 0.136 e. The fraction of sp³-hybridized carbons (Fsp3) is 0.357. The third kappa shape index (κ3) is 4.89. The second kappa shape index (κ2) is 10.1. The molecule has 1 aromatic heterocycles. The Balaban J connectivity index is 0. The van der Waals surface area contributed by atoms with Gasteiger partial charge in [0.1, 0.15) is 5.82 Å². The Hall–Kier alpha value is -0.730. The van der Waals surface area contributed by atoms with E-state index in [1.807, 2.05) is 6.20 Å². The number of likely N-dealkylation sites (N-methyl/N-ethyl adjacent to an activating group) is 1. The van der Waals surface area contributed by atoms with E-state index < -0.39 is 0 Å². The Morgan fingerprint density at radius 1 is 0.905 bits per heavy atom. The lowest BCUT2D eigenvalue weighted by molar-refractivity contribution is 0.312. The summed E-state index contributed by atoms with van der Waals surface area (Å²) >= 11 is 0. The van der Waals surface area contributed by atoms with E-state index in [9.17, 15) is 0 Å². The lowest BCUT2D eigenvalue weighted by Crippen LogP contribution is -2.44. The van der Waals surface area contributed by atoms with Crippen LogP contribution in [0.3, 0.4) is 0 Å². The lowest BCUT2D eigenvalue weighted by Gasteiger charge is -2.33. The smallest absolute Gasteiger partial charge is 0.136 e. The molecule has 4 N–H and O–H groups in total. The minimum absolute atomic E-state index is 0. The highest BCUT2D eigenvalue weighted by Gasteiger charge is 2.16. The van der Waals surface area contributed by atoms with E-state index in [-0.39, 0.29) is 44.9 Å². The largest absolute Gasteiger partial charge is 0.412 e. The molecule has 0 spiro atoms. The Morgan fingerprint density at radius 3 is 2.19 bits per heavy atom. The molecule has 0 saturated carbocycles. The van der Waals surface area contributed by atoms with Crippen molar-refractivity contribution in [3.8, 4) is 0 Å². The van der Waals surface area contributed by atoms with E-state index in [0.29, 0.717) is 0 Å². The van der Waals surface area contributed by atoms with E-state index in [1.165, 1.54) is 10.8 Å². The predicted octanol–water partition coefficient (Wildman–Crippen LogP) is 1.49. The van der Waals surface area contributed by atoms with Crippen molar-refractivity contribution in [2.24, 2.45) is 0 Å². The Morgan fingerprint density at radius 2 is 1.52 bits per heavy atom. The second-order valence-electron chi connectivity index (χ2n) is 4.65. The lowest BCUT2D eigenvalue weighted by atomic mass is 10.1. The summed E-state index contributed by atoms with van der Waals surface area (Å²) in [7, 11) is 2.17. The van der Waals surface area contributed by atoms with Gasteiger partial charge in [-0.05, 0) is 18.5 Å². The molecule has 2 heterocycles. The highest BCUT2D eigenvalue weighted by molar-refractivity contribution is 8.93. The molecule has 21 heavy (non-hydrogen) atoms. The second-order valence-corrected chi connectivity index (χ2v) is 4.65. The molecule has 0 amide bonds. The zero-order valence-corrected chi connectivity index (χ0v) is 15.4. The van der Waals surface area contributed by atoms with Crippen molar-refractivity contribution in [3.05, 3.63) is 36.5 Å². The van der Waals surface area contributed by atoms with Gasteiger partial charge in [-0.15, -0.1) is 34.0 Å². The first-order chi connectivity index (χ1) is 8.34. The van der Waals surface area contributed by atoms with Gasteiger partial charge in [0.05, 0.1) is 0 Å². The number of nitrogens with zero attached hydrogens (tertiary/aromatic N) is 3. The first-order valence-corrected chi connectivity index (χ1v) is 6.12. The molecular weight excluding hydrogens is 402 g/mol. The minimum Gasteiger partial charge on any atom is -0.412 e. The van der Waals surface area contributed by atoms with Gasteiger partial charge in [0, 0.05) is 37.8 Å². The van der Waals surface area contributed by atoms with Crippen molar-refractivity contribution in [2.45, 2.75) is 0 Å². The molecule has 0 radical (unpaired) electrons. The van der Waals surface area contributed by atoms with Gasteiger partial charge < -0.3 is 20.8 Å². The molecule has 1 saturated heterocycles. The Kier molecular flexibility index (Phi) is 10.8. The third-order valence-electron chi connectivity index (χ3n) is 3.46. The van der Waals surface area contributed by atoms with Crippen LogP contribution in [-0.4, -0.2) is 54.1 Å². The van der Waals surface area contributed by atoms with Gasteiger partial charge in [0.25, 0.3) is 0 Å². The Labute approximate surface area is 146 Å². The molecule has 1 aliphatic rings. The number of rotatable bonds is 1. The number of benzene rings is 1. The number of halogens is 2. The number of pyridine rings is 1. The van der Waals surface area contributed by atoms with E-state index in [2.05, 4.69) is 52.2 Å². The fourth-order valence-electron chi connectivity index (χ4n) is 2.37. The molecule has 0 bridgehead atoms. The maximum atomic E-state index is 4.56. The van der Waals surface area contributed by atoms with Crippen LogP contribution in [0.5, 0.6) is 0 Å². The monoisotopic (exact) mass is 423 g/mol. The maximum absolute atomic E-state index is 4.56. The standard InChI is InChI=1S/C14H17N3.2BrH.2H2O/c1-16-8-10-17(11-9-16)14-13-5-3-2-4-12(13)6-7-15-14;;;;/h2-7H,8-11H2,1H3;2*1H;2*1H2. The molecular formula is C14H23Br2N3O2. The van der Waals surface area contributed by atoms with Gasteiger partial charge in [0.2, 0.25) is 0 Å². The van der Waals surface area contributed by atoms with Crippen LogP contribution in [0, 0.1) is 0 Å². The first kappa shape index (κ1) is 22.5. The van der Waals surface area contributed by atoms with Crippen LogP contribution in [0.15, 0.2) is 36.5 Å². The summed E-state index contributed by atoms with van der Waals surface area (Å²) in [5.41, 5.74) is 0. The van der Waals surface area contributed by atoms with Crippen LogP contribution in [0.1, 0.15) is 0 Å². The summed E-state index contributed by atoms with van der Waals surface area (Å²) in [5.74, 6) is 1.14. The van der Waals surface area contributed by atoms with Gasteiger partial charge in [0.15, 0.2) is 0 Å². The highest BCUT2D eigenvalue weighted by atomic mass is 79.9. The molecule has 0 atom stereocenters. The quantitative estimate of drug-likeness (QED) is 0.695. The molecule has 1 aliphatic heterocycles. The van der Waals surface area contributed by atoms with E-state index in [0.717, 1.165) is 32.0 Å². The zero-order valence-electron chi connectivity index (χ0n) is 12.0. The number of piperazine rings is 1. The van der Waals surface area contributed by atoms with Crippen molar-refractivity contribution >= 4 is 50.6 Å². The van der Waals surface area contributed by atoms with Crippen molar-refractivity contribution in [2.75, 3.05) is 38.1 Å². The summed E-state index contributed by atoms with van der Waals surface area (Å²) in [6.45, 7) is 4.37. The van der Waals surface area contributed by atoms with Crippen LogP contribution in [0.25, 0.3) is 10.8 Å². The van der Waals surface area contributed by atoms with Gasteiger partial charge in [-0.25, -0.2) is 4.98 Å². The average Bonchev–Trinajstić information content (AvgIpc) is 2.39. The molecule has 120 valence electrons. The van der Waals surface area contributed by atoms with Crippen LogP contribution in [-0.2, 0) is 0 Å². The zero-order chi connectivity index (χ0) is 11.7. The Bertz CT molecular complexity index is 529. The molecule has 2 aromatic rings. The predicted molar refractivity (Wildman–Crippen MR) is 99.3 cm³/mol. The number of fused-ring (bicyclic) bond motifs is 1. The van der Waals surface area contributed by atoms with Gasteiger partial charge >= 0.3 is 0 Å². The minimum atomic E-state index is 0. The summed E-state index contributed by atoms with van der Waals surface area (Å²) in [6.07, 6.45) is 1.91. The van der Waals surface area contributed by atoms with E-state index in [1.54, 1.807) is 0 Å². The van der Waals surface area contributed by atoms with Gasteiger partial charge in [-0.2, -0.15) is 0 Å². The van der Waals surface area contributed by atoms with Crippen LogP contribution in [0.2, 0.25) is 0 Å². The van der Waals surface area contributed by atoms with Crippen molar-refractivity contribution in [1.29, 1.82) is 0 Å². The van der Waals surface area contributed by atoms with Crippen molar-refractivity contribution in [3.63, 3.8) is 0 Å². The molecule has 5 nitrogen and oxygen atoms in total. The molecule has 1 aromatic carbocycles. The summed E-state index contributed by atoms with van der Waals surface area (Å²) in [5, 5.41) is 2.54. The average molecular weight is 425 g/mol. The number of hydrogen-bond donors (Lipinski definition) is 0. The van der Waals surface area contributed by atoms with Crippen LogP contribution < -0.4 is 4.90 Å². The molecule has 3 rings (SSSR count). The summed E-state index contributed by atoms with van der Waals surface area (Å²) in [4.78, 5) is 9.32. The molecule has 0 aliphatic carbocycles. The summed E-state index contributed by atoms with van der Waals surface area (Å²) in [6, 6.07) is 10.6. The molecule has 1 fully saturated rings. The highest BCUT2D eigenvalue weighted by Crippen LogP contribution is 2.24. The summed E-state index contributed by atoms with van der Waals surface area (Å²) < 4.78 is 0. The number of anilines is 1. The van der Waals surface area contributed by atoms with Crippen molar-refractivity contribution < 1.29 is 11.0 Å². The fourth-order valence-corrected chi connectivity index (χ4v) is 2.37. The first-order valence-electron chi connectivity index (χ1n) is 6.12. The number of aromatic nitrogens is 1. The normalized spacial score (nSPS) is 14.2. The van der Waals surface area contributed by atoms with Crippen molar-refractivity contribution in [1.82, 2.24) is 9.88 Å². The number of hydrogen-bond acceptors (Lipinski definition) is 3. The third-order valence-corrected chi connectivity index (χ3v) is 3.46. The molecule has 0 unspecified atom stereocenters. The van der Waals surface area contributed by atoms with Crippen LogP contribution >= 0.6 is 34.0 Å². The van der Waals surface area contributed by atoms with E-state index in [4.69, 9.17) is 0 Å². The molecule has 7 heteroatoms. The van der Waals surface area contributed by atoms with Gasteiger partial charge in [-0.1, -0.05) is 24.3 Å². The van der Waals surface area contributed by atoms with Crippen LogP contribution in [0.4, 0.5) is 5.82 Å².